The van der Waals surface area contributed by atoms with E-state index in [1.807, 2.05) is 0 Å². The Morgan fingerprint density at radius 2 is 1.65 bits per heavy atom. The van der Waals surface area contributed by atoms with Gasteiger partial charge in [0.2, 0.25) is 0 Å². The van der Waals surface area contributed by atoms with Crippen molar-refractivity contribution in [2.24, 2.45) is 11.8 Å². The molecular formula is C18H30O2. The van der Waals surface area contributed by atoms with Gasteiger partial charge in [-0.15, -0.1) is 0 Å². The van der Waals surface area contributed by atoms with Crippen molar-refractivity contribution in [2.45, 2.75) is 89.1 Å². The molecule has 0 aromatic rings. The van der Waals surface area contributed by atoms with Gasteiger partial charge in [0.05, 0.1) is 5.60 Å². The first kappa shape index (κ1) is 14.6. The average molecular weight is 278 g/mol. The summed E-state index contributed by atoms with van der Waals surface area (Å²) in [7, 11) is 0. The zero-order valence-electron chi connectivity index (χ0n) is 12.9. The standard InChI is InChI=1S/C18H30O2/c19-17(13-15-7-3-1-2-4-8-15)16-9-12-20-18(14-16)10-5-6-11-18/h15-16H,1-14H2. The van der Waals surface area contributed by atoms with Gasteiger partial charge in [0.25, 0.3) is 0 Å². The zero-order chi connectivity index (χ0) is 13.8. The number of carbonyl (C=O) groups excluding carboxylic acids is 1. The molecule has 0 aromatic carbocycles. The van der Waals surface area contributed by atoms with Crippen molar-refractivity contribution in [2.75, 3.05) is 6.61 Å². The van der Waals surface area contributed by atoms with Gasteiger partial charge in [0.1, 0.15) is 5.78 Å². The lowest BCUT2D eigenvalue weighted by Gasteiger charge is -2.38. The number of Topliss-reactive ketones (excluding diaryl/α,β-unsaturated/α-hetero) is 1. The van der Waals surface area contributed by atoms with E-state index in [9.17, 15) is 4.79 Å². The van der Waals surface area contributed by atoms with Crippen LogP contribution in [-0.4, -0.2) is 18.0 Å². The van der Waals surface area contributed by atoms with Crippen LogP contribution in [-0.2, 0) is 9.53 Å². The molecule has 1 unspecified atom stereocenters. The average Bonchev–Trinajstić information content (AvgIpc) is 2.74. The SMILES string of the molecule is O=C(CC1CCCCCC1)C1CCOC2(CCCC2)C1. The van der Waals surface area contributed by atoms with Crippen LogP contribution in [0.2, 0.25) is 0 Å². The van der Waals surface area contributed by atoms with Gasteiger partial charge in [-0.3, -0.25) is 4.79 Å². The van der Waals surface area contributed by atoms with Gasteiger partial charge in [-0.05, 0) is 31.6 Å². The van der Waals surface area contributed by atoms with Gasteiger partial charge < -0.3 is 4.74 Å². The third kappa shape index (κ3) is 3.44. The molecule has 0 amide bonds. The second-order valence-corrected chi connectivity index (χ2v) is 7.46. The van der Waals surface area contributed by atoms with Crippen molar-refractivity contribution in [1.29, 1.82) is 0 Å². The molecular weight excluding hydrogens is 248 g/mol. The molecule has 3 rings (SSSR count). The lowest BCUT2D eigenvalue weighted by atomic mass is 9.79. The van der Waals surface area contributed by atoms with Crippen LogP contribution >= 0.6 is 0 Å². The number of rotatable bonds is 3. The topological polar surface area (TPSA) is 26.3 Å². The molecule has 0 aromatic heterocycles. The molecule has 2 heteroatoms. The van der Waals surface area contributed by atoms with Crippen LogP contribution in [0.15, 0.2) is 0 Å². The largest absolute Gasteiger partial charge is 0.375 e. The Morgan fingerprint density at radius 1 is 0.950 bits per heavy atom. The molecule has 3 aliphatic rings. The summed E-state index contributed by atoms with van der Waals surface area (Å²) in [6, 6.07) is 0. The predicted molar refractivity (Wildman–Crippen MR) is 80.7 cm³/mol. The fourth-order valence-electron chi connectivity index (χ4n) is 4.69. The van der Waals surface area contributed by atoms with Gasteiger partial charge in [0, 0.05) is 18.9 Å². The van der Waals surface area contributed by atoms with Crippen LogP contribution in [0, 0.1) is 11.8 Å². The second kappa shape index (κ2) is 6.60. The maximum Gasteiger partial charge on any atom is 0.136 e. The summed E-state index contributed by atoms with van der Waals surface area (Å²) >= 11 is 0. The molecule has 1 atom stereocenters. The minimum absolute atomic E-state index is 0.0992. The first-order valence-electron chi connectivity index (χ1n) is 8.94. The summed E-state index contributed by atoms with van der Waals surface area (Å²) in [5, 5.41) is 0. The molecule has 2 aliphatic carbocycles. The highest BCUT2D eigenvalue weighted by Crippen LogP contribution is 2.43. The van der Waals surface area contributed by atoms with Crippen LogP contribution in [0.4, 0.5) is 0 Å². The highest BCUT2D eigenvalue weighted by Gasteiger charge is 2.41. The highest BCUT2D eigenvalue weighted by molar-refractivity contribution is 5.81. The van der Waals surface area contributed by atoms with Crippen LogP contribution in [0.5, 0.6) is 0 Å². The molecule has 1 saturated heterocycles. The minimum Gasteiger partial charge on any atom is -0.375 e. The van der Waals surface area contributed by atoms with Crippen LogP contribution < -0.4 is 0 Å². The molecule has 0 bridgehead atoms. The van der Waals surface area contributed by atoms with E-state index in [2.05, 4.69) is 0 Å². The van der Waals surface area contributed by atoms with Crippen molar-refractivity contribution >= 4 is 5.78 Å². The number of ether oxygens (including phenoxy) is 1. The molecule has 0 N–H and O–H groups in total. The number of ketones is 1. The van der Waals surface area contributed by atoms with E-state index in [-0.39, 0.29) is 5.60 Å². The maximum atomic E-state index is 12.7. The Bertz CT molecular complexity index is 322. The van der Waals surface area contributed by atoms with E-state index in [1.54, 1.807) is 0 Å². The van der Waals surface area contributed by atoms with Crippen molar-refractivity contribution < 1.29 is 9.53 Å². The van der Waals surface area contributed by atoms with Crippen molar-refractivity contribution in [3.63, 3.8) is 0 Å². The van der Waals surface area contributed by atoms with Crippen LogP contribution in [0.25, 0.3) is 0 Å². The van der Waals surface area contributed by atoms with Crippen molar-refractivity contribution in [3.05, 3.63) is 0 Å². The summed E-state index contributed by atoms with van der Waals surface area (Å²) in [5.41, 5.74) is 0.0992. The summed E-state index contributed by atoms with van der Waals surface area (Å²) in [6.07, 6.45) is 15.9. The molecule has 1 heterocycles. The molecule has 1 aliphatic heterocycles. The Labute approximate surface area is 123 Å². The number of carbonyl (C=O) groups is 1. The molecule has 3 fully saturated rings. The Morgan fingerprint density at radius 3 is 2.35 bits per heavy atom. The molecule has 20 heavy (non-hydrogen) atoms. The van der Waals surface area contributed by atoms with Crippen molar-refractivity contribution in [1.82, 2.24) is 0 Å². The first-order chi connectivity index (χ1) is 9.77. The van der Waals surface area contributed by atoms with Gasteiger partial charge in [-0.2, -0.15) is 0 Å². The predicted octanol–water partition coefficient (Wildman–Crippen LogP) is 4.66. The lowest BCUT2D eigenvalue weighted by Crippen LogP contribution is -2.40. The fraction of sp³-hybridized carbons (Fsp3) is 0.944. The van der Waals surface area contributed by atoms with E-state index in [1.165, 1.54) is 64.2 Å². The van der Waals surface area contributed by atoms with Gasteiger partial charge in [-0.25, -0.2) is 0 Å². The number of hydrogen-bond donors (Lipinski definition) is 0. The zero-order valence-corrected chi connectivity index (χ0v) is 12.9. The fourth-order valence-corrected chi connectivity index (χ4v) is 4.69. The Hall–Kier alpha value is -0.370. The summed E-state index contributed by atoms with van der Waals surface area (Å²) in [5.74, 6) is 1.56. The van der Waals surface area contributed by atoms with Crippen LogP contribution in [0.3, 0.4) is 0 Å². The summed E-state index contributed by atoms with van der Waals surface area (Å²) in [6.45, 7) is 0.821. The highest BCUT2D eigenvalue weighted by atomic mass is 16.5. The van der Waals surface area contributed by atoms with E-state index < -0.39 is 0 Å². The summed E-state index contributed by atoms with van der Waals surface area (Å²) < 4.78 is 6.06. The monoisotopic (exact) mass is 278 g/mol. The Balaban J connectivity index is 1.53. The van der Waals surface area contributed by atoms with E-state index >= 15 is 0 Å². The second-order valence-electron chi connectivity index (χ2n) is 7.46. The molecule has 114 valence electrons. The normalized spacial score (nSPS) is 31.3. The lowest BCUT2D eigenvalue weighted by molar-refractivity contribution is -0.137. The first-order valence-corrected chi connectivity index (χ1v) is 8.94. The molecule has 1 spiro atoms. The minimum atomic E-state index is 0.0992. The summed E-state index contributed by atoms with van der Waals surface area (Å²) in [4.78, 5) is 12.7. The molecule has 2 nitrogen and oxygen atoms in total. The van der Waals surface area contributed by atoms with E-state index in [0.717, 1.165) is 25.9 Å². The van der Waals surface area contributed by atoms with Gasteiger partial charge in [-0.1, -0.05) is 51.4 Å². The third-order valence-electron chi connectivity index (χ3n) is 5.93. The van der Waals surface area contributed by atoms with Crippen LogP contribution in [0.1, 0.15) is 83.5 Å². The van der Waals surface area contributed by atoms with Gasteiger partial charge >= 0.3 is 0 Å². The Kier molecular flexibility index (Phi) is 4.80. The quantitative estimate of drug-likeness (QED) is 0.702. The van der Waals surface area contributed by atoms with Gasteiger partial charge in [0.15, 0.2) is 0 Å². The van der Waals surface area contributed by atoms with E-state index in [4.69, 9.17) is 4.74 Å². The molecule has 0 radical (unpaired) electrons. The third-order valence-corrected chi connectivity index (χ3v) is 5.93. The molecule has 2 saturated carbocycles. The smallest absolute Gasteiger partial charge is 0.136 e. The maximum absolute atomic E-state index is 12.7. The van der Waals surface area contributed by atoms with E-state index in [0.29, 0.717) is 17.6 Å². The number of hydrogen-bond acceptors (Lipinski definition) is 2. The van der Waals surface area contributed by atoms with Crippen molar-refractivity contribution in [3.8, 4) is 0 Å².